The molecule has 8 nitrogen and oxygen atoms in total. The number of nitro groups is 2. The average Bonchev–Trinajstić information content (AvgIpc) is 2.15. The third-order valence-corrected chi connectivity index (χ3v) is 1.63. The molecule has 0 saturated heterocycles. The van der Waals surface area contributed by atoms with E-state index in [0.29, 0.717) is 0 Å². The molecule has 1 N–H and O–H groups in total. The van der Waals surface area contributed by atoms with Crippen LogP contribution in [-0.4, -0.2) is 15.0 Å². The maximum Gasteiger partial charge on any atom is 0.335 e. The minimum Gasteiger partial charge on any atom is -0.502 e. The second-order valence-electron chi connectivity index (χ2n) is 2.45. The molecule has 76 valence electrons. The number of nitro benzene ring substituents is 2. The Bertz CT molecular complexity index is 490. The van der Waals surface area contributed by atoms with Gasteiger partial charge < -0.3 is 5.11 Å². The van der Waals surface area contributed by atoms with Gasteiger partial charge in [0.1, 0.15) is 6.07 Å². The van der Waals surface area contributed by atoms with Crippen LogP contribution < -0.4 is 0 Å². The number of nitrogens with zero attached hydrogens (tertiary/aromatic N) is 3. The zero-order chi connectivity index (χ0) is 11.6. The summed E-state index contributed by atoms with van der Waals surface area (Å²) in [5.74, 6) is -0.776. The lowest BCUT2D eigenvalue weighted by Crippen LogP contribution is -1.98. The van der Waals surface area contributed by atoms with Crippen molar-refractivity contribution in [2.75, 3.05) is 0 Å². The molecule has 0 aliphatic carbocycles. The lowest BCUT2D eigenvalue weighted by molar-refractivity contribution is -0.395. The minimum atomic E-state index is -1.04. The van der Waals surface area contributed by atoms with Crippen LogP contribution in [0.5, 0.6) is 5.75 Å². The Labute approximate surface area is 82.3 Å². The lowest BCUT2D eigenvalue weighted by atomic mass is 10.1. The van der Waals surface area contributed by atoms with Crippen LogP contribution in [0.3, 0.4) is 0 Å². The van der Waals surface area contributed by atoms with Crippen molar-refractivity contribution < 1.29 is 15.0 Å². The standard InChI is InChI=1S/C7H3N3O5/c8-3-4-5(9(12)13)1-2-6(11)7(4)10(14)15/h1-2,11H. The number of nitriles is 1. The zero-order valence-electron chi connectivity index (χ0n) is 7.08. The molecule has 1 aromatic rings. The molecule has 0 amide bonds. The van der Waals surface area contributed by atoms with Crippen LogP contribution in [0.4, 0.5) is 11.4 Å². The van der Waals surface area contributed by atoms with Gasteiger partial charge in [-0.05, 0) is 6.07 Å². The fourth-order valence-electron chi connectivity index (χ4n) is 1.02. The van der Waals surface area contributed by atoms with Crippen molar-refractivity contribution in [2.45, 2.75) is 0 Å². The molecular weight excluding hydrogens is 206 g/mol. The Hall–Kier alpha value is -2.69. The quantitative estimate of drug-likeness (QED) is 0.572. The summed E-state index contributed by atoms with van der Waals surface area (Å²) >= 11 is 0. The molecule has 1 rings (SSSR count). The fraction of sp³-hybridized carbons (Fsp3) is 0. The summed E-state index contributed by atoms with van der Waals surface area (Å²) in [5, 5.41) is 38.5. The lowest BCUT2D eigenvalue weighted by Gasteiger charge is -1.98. The number of hydrogen-bond acceptors (Lipinski definition) is 6. The van der Waals surface area contributed by atoms with Gasteiger partial charge in [0.05, 0.1) is 9.85 Å². The summed E-state index contributed by atoms with van der Waals surface area (Å²) in [6, 6.07) is 2.96. The minimum absolute atomic E-state index is 0.706. The van der Waals surface area contributed by atoms with Crippen LogP contribution in [0.2, 0.25) is 0 Å². The van der Waals surface area contributed by atoms with Crippen molar-refractivity contribution in [1.29, 1.82) is 5.26 Å². The zero-order valence-corrected chi connectivity index (χ0v) is 7.08. The summed E-state index contributed by atoms with van der Waals surface area (Å²) in [6.07, 6.45) is 0. The van der Waals surface area contributed by atoms with Crippen LogP contribution in [0.15, 0.2) is 12.1 Å². The molecule has 0 radical (unpaired) electrons. The van der Waals surface area contributed by atoms with Crippen molar-refractivity contribution in [3.8, 4) is 11.8 Å². The van der Waals surface area contributed by atoms with Gasteiger partial charge in [0.2, 0.25) is 5.56 Å². The highest BCUT2D eigenvalue weighted by molar-refractivity contribution is 5.66. The molecule has 0 aromatic heterocycles. The third-order valence-electron chi connectivity index (χ3n) is 1.63. The van der Waals surface area contributed by atoms with E-state index in [9.17, 15) is 20.2 Å². The van der Waals surface area contributed by atoms with E-state index < -0.39 is 32.5 Å². The molecule has 0 aliphatic rings. The van der Waals surface area contributed by atoms with Gasteiger partial charge in [0.25, 0.3) is 5.69 Å². The highest BCUT2D eigenvalue weighted by Crippen LogP contribution is 2.35. The third kappa shape index (κ3) is 1.66. The topological polar surface area (TPSA) is 130 Å². The smallest absolute Gasteiger partial charge is 0.335 e. The van der Waals surface area contributed by atoms with Crippen LogP contribution in [0, 0.1) is 31.6 Å². The molecule has 0 spiro atoms. The molecule has 0 atom stereocenters. The molecule has 0 unspecified atom stereocenters. The fourth-order valence-corrected chi connectivity index (χ4v) is 1.02. The van der Waals surface area contributed by atoms with Gasteiger partial charge in [0.15, 0.2) is 5.75 Å². The molecule has 0 fully saturated rings. The summed E-state index contributed by atoms with van der Waals surface area (Å²) in [5.41, 5.74) is -2.42. The molecule has 0 bridgehead atoms. The van der Waals surface area contributed by atoms with E-state index >= 15 is 0 Å². The van der Waals surface area contributed by atoms with Crippen molar-refractivity contribution >= 4 is 11.4 Å². The molecule has 0 aliphatic heterocycles. The summed E-state index contributed by atoms with van der Waals surface area (Å²) in [4.78, 5) is 18.9. The number of phenols is 1. The van der Waals surface area contributed by atoms with Crippen LogP contribution in [-0.2, 0) is 0 Å². The summed E-state index contributed by atoms with van der Waals surface area (Å²) in [7, 11) is 0. The Morgan fingerprint density at radius 1 is 1.27 bits per heavy atom. The van der Waals surface area contributed by atoms with E-state index in [4.69, 9.17) is 10.4 Å². The van der Waals surface area contributed by atoms with Crippen LogP contribution in [0.1, 0.15) is 5.56 Å². The SMILES string of the molecule is N#Cc1c([N+](=O)[O-])ccc(O)c1[N+](=O)[O-]. The first-order valence-corrected chi connectivity index (χ1v) is 3.54. The predicted octanol–water partition coefficient (Wildman–Crippen LogP) is 1.08. The number of benzene rings is 1. The average molecular weight is 209 g/mol. The predicted molar refractivity (Wildman–Crippen MR) is 46.1 cm³/mol. The van der Waals surface area contributed by atoms with Gasteiger partial charge in [-0.25, -0.2) is 0 Å². The monoisotopic (exact) mass is 209 g/mol. The van der Waals surface area contributed by atoms with E-state index in [-0.39, 0.29) is 0 Å². The van der Waals surface area contributed by atoms with Gasteiger partial charge in [-0.3, -0.25) is 20.2 Å². The summed E-state index contributed by atoms with van der Waals surface area (Å²) < 4.78 is 0. The molecule has 1 aromatic carbocycles. The van der Waals surface area contributed by atoms with Gasteiger partial charge in [-0.15, -0.1) is 0 Å². The molecule has 8 heteroatoms. The van der Waals surface area contributed by atoms with Crippen molar-refractivity contribution in [3.05, 3.63) is 37.9 Å². The Morgan fingerprint density at radius 2 is 1.87 bits per heavy atom. The highest BCUT2D eigenvalue weighted by Gasteiger charge is 2.28. The maximum atomic E-state index is 10.4. The second-order valence-corrected chi connectivity index (χ2v) is 2.45. The number of phenolic OH excluding ortho intramolecular Hbond substituents is 1. The number of aromatic hydroxyl groups is 1. The van der Waals surface area contributed by atoms with Crippen LogP contribution >= 0.6 is 0 Å². The Kier molecular flexibility index (Phi) is 2.48. The first-order valence-electron chi connectivity index (χ1n) is 3.54. The van der Waals surface area contributed by atoms with Gasteiger partial charge in [0, 0.05) is 6.07 Å². The van der Waals surface area contributed by atoms with E-state index in [0.717, 1.165) is 12.1 Å². The van der Waals surface area contributed by atoms with Crippen molar-refractivity contribution in [3.63, 3.8) is 0 Å². The molecule has 0 saturated carbocycles. The second kappa shape index (κ2) is 3.59. The molecule has 0 heterocycles. The van der Waals surface area contributed by atoms with Crippen molar-refractivity contribution in [2.24, 2.45) is 0 Å². The van der Waals surface area contributed by atoms with Gasteiger partial charge >= 0.3 is 5.69 Å². The van der Waals surface area contributed by atoms with E-state index in [2.05, 4.69) is 0 Å². The van der Waals surface area contributed by atoms with E-state index in [1.807, 2.05) is 0 Å². The Balaban J connectivity index is 3.64. The number of hydrogen-bond donors (Lipinski definition) is 1. The van der Waals surface area contributed by atoms with Crippen LogP contribution in [0.25, 0.3) is 0 Å². The normalized spacial score (nSPS) is 9.27. The highest BCUT2D eigenvalue weighted by atomic mass is 16.6. The number of rotatable bonds is 2. The van der Waals surface area contributed by atoms with Gasteiger partial charge in [-0.2, -0.15) is 5.26 Å². The molecule has 15 heavy (non-hydrogen) atoms. The first-order chi connectivity index (χ1) is 6.99. The summed E-state index contributed by atoms with van der Waals surface area (Å²) in [6.45, 7) is 0. The van der Waals surface area contributed by atoms with Crippen molar-refractivity contribution in [1.82, 2.24) is 0 Å². The Morgan fingerprint density at radius 3 is 2.27 bits per heavy atom. The maximum absolute atomic E-state index is 10.4. The van der Waals surface area contributed by atoms with Gasteiger partial charge in [-0.1, -0.05) is 0 Å². The largest absolute Gasteiger partial charge is 0.502 e. The molecular formula is C7H3N3O5. The first kappa shape index (κ1) is 10.4. The van der Waals surface area contributed by atoms with E-state index in [1.165, 1.54) is 6.07 Å². The van der Waals surface area contributed by atoms with E-state index in [1.54, 1.807) is 0 Å².